The first kappa shape index (κ1) is 15.8. The van der Waals surface area contributed by atoms with Crippen molar-refractivity contribution in [1.82, 2.24) is 5.32 Å². The normalized spacial score (nSPS) is 11.7. The first-order valence-corrected chi connectivity index (χ1v) is 7.26. The van der Waals surface area contributed by atoms with E-state index in [4.69, 9.17) is 0 Å². The number of amides is 1. The lowest BCUT2D eigenvalue weighted by Gasteiger charge is -2.14. The summed E-state index contributed by atoms with van der Waals surface area (Å²) in [6.07, 6.45) is 0.537. The number of rotatable bonds is 6. The van der Waals surface area contributed by atoms with E-state index in [0.717, 1.165) is 16.7 Å². The number of carboxylic acid groups (broad SMARTS) is 1. The fourth-order valence-corrected chi connectivity index (χ4v) is 2.24. The van der Waals surface area contributed by atoms with Gasteiger partial charge in [-0.15, -0.1) is 0 Å². The standard InChI is InChI=1S/C18H19NO3/c1-2-17(20)19-16(18(21)22)12-13-7-6-10-15(11-13)14-8-4-3-5-9-14/h3-11,16H,2,12H2,1H3,(H,19,20)(H,21,22)/t16-/m0/s1. The van der Waals surface area contributed by atoms with E-state index in [1.807, 2.05) is 54.6 Å². The Morgan fingerprint density at radius 3 is 2.36 bits per heavy atom. The van der Waals surface area contributed by atoms with Gasteiger partial charge in [0.1, 0.15) is 6.04 Å². The van der Waals surface area contributed by atoms with Crippen molar-refractivity contribution in [1.29, 1.82) is 0 Å². The van der Waals surface area contributed by atoms with Crippen molar-refractivity contribution in [2.24, 2.45) is 0 Å². The maximum atomic E-state index is 11.4. The molecule has 0 aliphatic carbocycles. The van der Waals surface area contributed by atoms with Gasteiger partial charge in [-0.25, -0.2) is 4.79 Å². The molecule has 0 saturated carbocycles. The third-order valence-corrected chi connectivity index (χ3v) is 3.43. The Labute approximate surface area is 129 Å². The second-order valence-corrected chi connectivity index (χ2v) is 5.08. The van der Waals surface area contributed by atoms with E-state index in [1.54, 1.807) is 6.92 Å². The maximum absolute atomic E-state index is 11.4. The summed E-state index contributed by atoms with van der Waals surface area (Å²) in [7, 11) is 0. The van der Waals surface area contributed by atoms with Crippen molar-refractivity contribution in [3.05, 3.63) is 60.2 Å². The number of carbonyl (C=O) groups excluding carboxylic acids is 1. The lowest BCUT2D eigenvalue weighted by molar-refractivity contribution is -0.141. The molecule has 0 aliphatic heterocycles. The molecule has 0 fully saturated rings. The molecule has 0 radical (unpaired) electrons. The van der Waals surface area contributed by atoms with E-state index in [2.05, 4.69) is 5.32 Å². The summed E-state index contributed by atoms with van der Waals surface area (Å²) in [4.78, 5) is 22.7. The van der Waals surface area contributed by atoms with Crippen LogP contribution in [-0.4, -0.2) is 23.0 Å². The first-order chi connectivity index (χ1) is 10.6. The van der Waals surface area contributed by atoms with Gasteiger partial charge in [0.25, 0.3) is 0 Å². The van der Waals surface area contributed by atoms with Gasteiger partial charge in [-0.1, -0.05) is 61.5 Å². The Kier molecular flexibility index (Phi) is 5.31. The predicted molar refractivity (Wildman–Crippen MR) is 85.4 cm³/mol. The third-order valence-electron chi connectivity index (χ3n) is 3.43. The van der Waals surface area contributed by atoms with E-state index in [0.29, 0.717) is 0 Å². The highest BCUT2D eigenvalue weighted by atomic mass is 16.4. The largest absolute Gasteiger partial charge is 0.480 e. The number of carboxylic acids is 1. The molecular weight excluding hydrogens is 278 g/mol. The second-order valence-electron chi connectivity index (χ2n) is 5.08. The highest BCUT2D eigenvalue weighted by Crippen LogP contribution is 2.20. The van der Waals surface area contributed by atoms with Crippen LogP contribution in [0, 0.1) is 0 Å². The molecule has 114 valence electrons. The zero-order valence-electron chi connectivity index (χ0n) is 12.5. The van der Waals surface area contributed by atoms with Crippen LogP contribution in [0.15, 0.2) is 54.6 Å². The van der Waals surface area contributed by atoms with Crippen LogP contribution >= 0.6 is 0 Å². The zero-order chi connectivity index (χ0) is 15.9. The van der Waals surface area contributed by atoms with Gasteiger partial charge in [-0.05, 0) is 16.7 Å². The Hall–Kier alpha value is -2.62. The topological polar surface area (TPSA) is 66.4 Å². The average molecular weight is 297 g/mol. The highest BCUT2D eigenvalue weighted by molar-refractivity contribution is 5.83. The molecule has 0 bridgehead atoms. The summed E-state index contributed by atoms with van der Waals surface area (Å²) < 4.78 is 0. The van der Waals surface area contributed by atoms with Crippen LogP contribution in [0.2, 0.25) is 0 Å². The van der Waals surface area contributed by atoms with Crippen LogP contribution in [0.1, 0.15) is 18.9 Å². The van der Waals surface area contributed by atoms with E-state index in [9.17, 15) is 14.7 Å². The Balaban J connectivity index is 2.18. The maximum Gasteiger partial charge on any atom is 0.326 e. The number of carbonyl (C=O) groups is 2. The molecule has 0 heterocycles. The second kappa shape index (κ2) is 7.41. The molecular formula is C18H19NO3. The average Bonchev–Trinajstić information content (AvgIpc) is 2.55. The summed E-state index contributed by atoms with van der Waals surface area (Å²) in [6.45, 7) is 1.70. The van der Waals surface area contributed by atoms with Crippen LogP contribution in [0.3, 0.4) is 0 Å². The van der Waals surface area contributed by atoms with Crippen LogP contribution in [0.25, 0.3) is 11.1 Å². The summed E-state index contributed by atoms with van der Waals surface area (Å²) >= 11 is 0. The highest BCUT2D eigenvalue weighted by Gasteiger charge is 2.19. The van der Waals surface area contributed by atoms with Crippen molar-refractivity contribution >= 4 is 11.9 Å². The summed E-state index contributed by atoms with van der Waals surface area (Å²) in [6, 6.07) is 16.7. The van der Waals surface area contributed by atoms with Crippen molar-refractivity contribution in [3.63, 3.8) is 0 Å². The molecule has 0 aromatic heterocycles. The molecule has 1 amide bonds. The minimum atomic E-state index is -1.02. The van der Waals surface area contributed by atoms with E-state index >= 15 is 0 Å². The number of nitrogens with one attached hydrogen (secondary N) is 1. The monoisotopic (exact) mass is 297 g/mol. The molecule has 0 saturated heterocycles. The molecule has 2 N–H and O–H groups in total. The van der Waals surface area contributed by atoms with Gasteiger partial charge in [0, 0.05) is 12.8 Å². The number of benzene rings is 2. The SMILES string of the molecule is CCC(=O)N[C@@H](Cc1cccc(-c2ccccc2)c1)C(=O)O. The van der Waals surface area contributed by atoms with Crippen LogP contribution in [0.4, 0.5) is 0 Å². The quantitative estimate of drug-likeness (QED) is 0.861. The first-order valence-electron chi connectivity index (χ1n) is 7.26. The third kappa shape index (κ3) is 4.19. The summed E-state index contributed by atoms with van der Waals surface area (Å²) in [5.41, 5.74) is 2.99. The number of hydrogen-bond donors (Lipinski definition) is 2. The number of aliphatic carboxylic acids is 1. The Bertz CT molecular complexity index is 652. The van der Waals surface area contributed by atoms with Crippen LogP contribution in [-0.2, 0) is 16.0 Å². The lowest BCUT2D eigenvalue weighted by Crippen LogP contribution is -2.42. The molecule has 2 aromatic rings. The lowest BCUT2D eigenvalue weighted by atomic mass is 9.99. The molecule has 4 heteroatoms. The molecule has 22 heavy (non-hydrogen) atoms. The van der Waals surface area contributed by atoms with Gasteiger partial charge in [0.15, 0.2) is 0 Å². The minimum absolute atomic E-state index is 0.258. The summed E-state index contributed by atoms with van der Waals surface area (Å²) in [5, 5.41) is 11.8. The van der Waals surface area contributed by atoms with Crippen molar-refractivity contribution in [3.8, 4) is 11.1 Å². The van der Waals surface area contributed by atoms with Crippen molar-refractivity contribution in [2.75, 3.05) is 0 Å². The minimum Gasteiger partial charge on any atom is -0.480 e. The van der Waals surface area contributed by atoms with E-state index < -0.39 is 12.0 Å². The molecule has 2 aromatic carbocycles. The smallest absolute Gasteiger partial charge is 0.326 e. The Morgan fingerprint density at radius 2 is 1.73 bits per heavy atom. The fraction of sp³-hybridized carbons (Fsp3) is 0.222. The molecule has 4 nitrogen and oxygen atoms in total. The fourth-order valence-electron chi connectivity index (χ4n) is 2.24. The summed E-state index contributed by atoms with van der Waals surface area (Å²) in [5.74, 6) is -1.28. The van der Waals surface area contributed by atoms with Crippen molar-refractivity contribution in [2.45, 2.75) is 25.8 Å². The molecule has 2 rings (SSSR count). The van der Waals surface area contributed by atoms with Gasteiger partial charge in [-0.2, -0.15) is 0 Å². The van der Waals surface area contributed by atoms with E-state index in [-0.39, 0.29) is 18.7 Å². The van der Waals surface area contributed by atoms with Gasteiger partial charge in [0.05, 0.1) is 0 Å². The van der Waals surface area contributed by atoms with Gasteiger partial charge >= 0.3 is 5.97 Å². The number of hydrogen-bond acceptors (Lipinski definition) is 2. The van der Waals surface area contributed by atoms with Gasteiger partial charge < -0.3 is 10.4 Å². The Morgan fingerprint density at radius 1 is 1.05 bits per heavy atom. The van der Waals surface area contributed by atoms with Crippen LogP contribution < -0.4 is 5.32 Å². The molecule has 1 atom stereocenters. The zero-order valence-corrected chi connectivity index (χ0v) is 12.5. The van der Waals surface area contributed by atoms with Gasteiger partial charge in [-0.3, -0.25) is 4.79 Å². The molecule has 0 unspecified atom stereocenters. The van der Waals surface area contributed by atoms with Crippen molar-refractivity contribution < 1.29 is 14.7 Å². The molecule has 0 aliphatic rings. The van der Waals surface area contributed by atoms with E-state index in [1.165, 1.54) is 0 Å². The van der Waals surface area contributed by atoms with Gasteiger partial charge in [0.2, 0.25) is 5.91 Å². The van der Waals surface area contributed by atoms with Crippen LogP contribution in [0.5, 0.6) is 0 Å². The predicted octanol–water partition coefficient (Wildman–Crippen LogP) is 2.88. The molecule has 0 spiro atoms.